The lowest BCUT2D eigenvalue weighted by molar-refractivity contribution is -0.135. The summed E-state index contributed by atoms with van der Waals surface area (Å²) in [5, 5.41) is 18.4. The van der Waals surface area contributed by atoms with Gasteiger partial charge in [0.25, 0.3) is 0 Å². The second kappa shape index (κ2) is 16.3. The molecule has 2 aromatic carbocycles. The molecule has 0 aliphatic heterocycles. The third-order valence-corrected chi connectivity index (χ3v) is 6.41. The summed E-state index contributed by atoms with van der Waals surface area (Å²) in [6.45, 7) is 4.82. The van der Waals surface area contributed by atoms with Gasteiger partial charge in [-0.05, 0) is 70.8 Å². The third-order valence-electron chi connectivity index (χ3n) is 6.41. The van der Waals surface area contributed by atoms with Crippen molar-refractivity contribution in [3.63, 3.8) is 0 Å². The number of aryl methyl sites for hydroxylation is 1. The van der Waals surface area contributed by atoms with E-state index >= 15 is 0 Å². The molecule has 0 bridgehead atoms. The van der Waals surface area contributed by atoms with Crippen LogP contribution in [0.15, 0.2) is 66.9 Å². The zero-order valence-corrected chi connectivity index (χ0v) is 25.3. The van der Waals surface area contributed by atoms with E-state index in [0.29, 0.717) is 48.8 Å². The second-order valence-corrected chi connectivity index (χ2v) is 10.2. The molecular weight excluding hydrogens is 540 g/mol. The zero-order chi connectivity index (χ0) is 31.2. The Morgan fingerprint density at radius 3 is 2.37 bits per heavy atom. The molecule has 3 aromatic rings. The van der Waals surface area contributed by atoms with Crippen LogP contribution in [0.1, 0.15) is 36.5 Å². The number of hydrogen-bond acceptors (Lipinski definition) is 8. The molecule has 10 heteroatoms. The molecule has 0 saturated carbocycles. The number of unbranched alkanes of at least 4 members (excludes halogenated alkanes) is 1. The van der Waals surface area contributed by atoms with Crippen molar-refractivity contribution >= 4 is 35.0 Å². The van der Waals surface area contributed by atoms with Crippen LogP contribution in [0.2, 0.25) is 0 Å². The van der Waals surface area contributed by atoms with Crippen molar-refractivity contribution in [2.75, 3.05) is 44.9 Å². The van der Waals surface area contributed by atoms with E-state index < -0.39 is 6.04 Å². The Morgan fingerprint density at radius 2 is 1.70 bits per heavy atom. The highest BCUT2D eigenvalue weighted by molar-refractivity contribution is 5.92. The van der Waals surface area contributed by atoms with Crippen LogP contribution in [0.4, 0.5) is 23.1 Å². The number of aromatic nitrogens is 2. The summed E-state index contributed by atoms with van der Waals surface area (Å²) in [6, 6.07) is 16.5. The normalized spacial score (nSPS) is 11.3. The van der Waals surface area contributed by atoms with Gasteiger partial charge in [0.05, 0.1) is 23.4 Å². The van der Waals surface area contributed by atoms with Crippen molar-refractivity contribution in [3.8, 4) is 17.9 Å². The summed E-state index contributed by atoms with van der Waals surface area (Å²) in [6.07, 6.45) is 6.11. The highest BCUT2D eigenvalue weighted by Gasteiger charge is 2.20. The maximum Gasteiger partial charge on any atom is 0.246 e. The summed E-state index contributed by atoms with van der Waals surface area (Å²) in [4.78, 5) is 37.3. The number of nitrogens with one attached hydrogen (secondary N) is 3. The molecule has 3 rings (SSSR count). The van der Waals surface area contributed by atoms with Gasteiger partial charge in [-0.1, -0.05) is 35.6 Å². The molecule has 222 valence electrons. The number of amides is 2. The van der Waals surface area contributed by atoms with Gasteiger partial charge < -0.3 is 25.8 Å². The molecule has 0 aliphatic rings. The predicted molar refractivity (Wildman–Crippen MR) is 170 cm³/mol. The maximum atomic E-state index is 12.5. The van der Waals surface area contributed by atoms with Crippen LogP contribution in [-0.4, -0.2) is 71.9 Å². The molecular formula is C33H38N8O2. The van der Waals surface area contributed by atoms with Gasteiger partial charge in [0.2, 0.25) is 17.8 Å². The highest BCUT2D eigenvalue weighted by atomic mass is 16.2. The van der Waals surface area contributed by atoms with E-state index in [2.05, 4.69) is 43.8 Å². The molecule has 0 aliphatic carbocycles. The first-order chi connectivity index (χ1) is 20.7. The van der Waals surface area contributed by atoms with Crippen LogP contribution in [0, 0.1) is 30.1 Å². The molecule has 0 unspecified atom stereocenters. The fourth-order valence-corrected chi connectivity index (χ4v) is 3.70. The van der Waals surface area contributed by atoms with Crippen LogP contribution in [0.3, 0.4) is 0 Å². The van der Waals surface area contributed by atoms with Crippen LogP contribution < -0.4 is 16.0 Å². The van der Waals surface area contributed by atoms with E-state index in [4.69, 9.17) is 5.26 Å². The number of carbonyl (C=O) groups is 2. The van der Waals surface area contributed by atoms with Crippen molar-refractivity contribution in [1.29, 1.82) is 5.26 Å². The van der Waals surface area contributed by atoms with Crippen LogP contribution >= 0.6 is 0 Å². The Morgan fingerprint density at radius 1 is 1.02 bits per heavy atom. The van der Waals surface area contributed by atoms with Gasteiger partial charge in [-0.3, -0.25) is 9.59 Å². The number of nitrogens with zero attached hydrogens (tertiary/aromatic N) is 5. The van der Waals surface area contributed by atoms with Crippen LogP contribution in [-0.2, 0) is 9.59 Å². The lowest BCUT2D eigenvalue weighted by Gasteiger charge is -2.23. The SMILES string of the molecule is Cc1ccc(Nc2nc(Nc3ccc(C#N)cc3)ncc2C#CCCCNC(=O)[C@H](C)N(C)C(=O)C=CCN(C)C)cc1. The minimum atomic E-state index is -0.591. The number of nitriles is 1. The fraction of sp³-hybridized carbons (Fsp3) is 0.303. The smallest absolute Gasteiger partial charge is 0.246 e. The lowest BCUT2D eigenvalue weighted by Crippen LogP contribution is -2.45. The van der Waals surface area contributed by atoms with Crippen molar-refractivity contribution in [1.82, 2.24) is 25.1 Å². The summed E-state index contributed by atoms with van der Waals surface area (Å²) in [5.74, 6) is 6.80. The molecule has 1 heterocycles. The van der Waals surface area contributed by atoms with E-state index in [9.17, 15) is 9.59 Å². The number of likely N-dealkylation sites (N-methyl/N-ethyl adjacent to an activating group) is 2. The first-order valence-corrected chi connectivity index (χ1v) is 14.0. The Labute approximate surface area is 253 Å². The van der Waals surface area contributed by atoms with Crippen LogP contribution in [0.5, 0.6) is 0 Å². The Bertz CT molecular complexity index is 1510. The van der Waals surface area contributed by atoms with Crippen molar-refractivity contribution < 1.29 is 9.59 Å². The average molecular weight is 579 g/mol. The standard InChI is InChI=1S/C33H38N8O2/c1-24-12-16-28(17-13-24)37-31-27(23-36-33(39-31)38-29-18-14-26(22-34)15-19-29)10-7-6-8-20-35-32(43)25(2)41(5)30(42)11-9-21-40(3)4/h9,11-19,23,25H,6,8,20-21H2,1-5H3,(H,35,43)(H2,36,37,38,39)/t25-/m0/s1. The Kier molecular flexibility index (Phi) is 12.3. The summed E-state index contributed by atoms with van der Waals surface area (Å²) in [7, 11) is 5.46. The molecule has 0 radical (unpaired) electrons. The number of carbonyl (C=O) groups excluding carboxylic acids is 2. The Hall–Kier alpha value is -5.19. The van der Waals surface area contributed by atoms with Gasteiger partial charge in [-0.2, -0.15) is 10.2 Å². The lowest BCUT2D eigenvalue weighted by atomic mass is 10.2. The number of hydrogen-bond donors (Lipinski definition) is 3. The minimum absolute atomic E-state index is 0.215. The Balaban J connectivity index is 1.60. The van der Waals surface area contributed by atoms with Crippen LogP contribution in [0.25, 0.3) is 0 Å². The van der Waals surface area contributed by atoms with Gasteiger partial charge in [0, 0.05) is 44.0 Å². The molecule has 0 spiro atoms. The topological polar surface area (TPSA) is 126 Å². The molecule has 1 atom stereocenters. The zero-order valence-electron chi connectivity index (χ0n) is 25.3. The predicted octanol–water partition coefficient (Wildman–Crippen LogP) is 4.36. The van der Waals surface area contributed by atoms with Gasteiger partial charge in [0.1, 0.15) is 6.04 Å². The summed E-state index contributed by atoms with van der Waals surface area (Å²) in [5.41, 5.74) is 3.97. The van der Waals surface area contributed by atoms with Crippen molar-refractivity contribution in [2.24, 2.45) is 0 Å². The number of anilines is 4. The largest absolute Gasteiger partial charge is 0.354 e. The molecule has 1 aromatic heterocycles. The molecule has 0 fully saturated rings. The van der Waals surface area contributed by atoms with Gasteiger partial charge in [0.15, 0.2) is 5.82 Å². The third kappa shape index (κ3) is 10.6. The van der Waals surface area contributed by atoms with Gasteiger partial charge >= 0.3 is 0 Å². The first kappa shape index (κ1) is 32.3. The molecule has 3 N–H and O–H groups in total. The second-order valence-electron chi connectivity index (χ2n) is 10.2. The van der Waals surface area contributed by atoms with Crippen molar-refractivity contribution in [3.05, 3.63) is 83.6 Å². The summed E-state index contributed by atoms with van der Waals surface area (Å²) >= 11 is 0. The molecule has 43 heavy (non-hydrogen) atoms. The molecule has 2 amide bonds. The van der Waals surface area contributed by atoms with Gasteiger partial charge in [-0.25, -0.2) is 4.98 Å². The molecule has 10 nitrogen and oxygen atoms in total. The summed E-state index contributed by atoms with van der Waals surface area (Å²) < 4.78 is 0. The van der Waals surface area contributed by atoms with Gasteiger partial charge in [-0.15, -0.1) is 0 Å². The van der Waals surface area contributed by atoms with E-state index in [1.54, 1.807) is 50.5 Å². The number of rotatable bonds is 12. The number of benzene rings is 2. The first-order valence-electron chi connectivity index (χ1n) is 14.0. The fourth-order valence-electron chi connectivity index (χ4n) is 3.70. The maximum absolute atomic E-state index is 12.5. The van der Waals surface area contributed by atoms with E-state index in [-0.39, 0.29) is 11.8 Å². The molecule has 0 saturated heterocycles. The van der Waals surface area contributed by atoms with E-state index in [0.717, 1.165) is 16.9 Å². The van der Waals surface area contributed by atoms with Crippen molar-refractivity contribution in [2.45, 2.75) is 32.7 Å². The van der Waals surface area contributed by atoms with E-state index in [1.165, 1.54) is 11.0 Å². The minimum Gasteiger partial charge on any atom is -0.354 e. The average Bonchev–Trinajstić information content (AvgIpc) is 3.00. The quantitative estimate of drug-likeness (QED) is 0.164. The van der Waals surface area contributed by atoms with E-state index in [1.807, 2.05) is 50.2 Å². The monoisotopic (exact) mass is 578 g/mol. The highest BCUT2D eigenvalue weighted by Crippen LogP contribution is 2.21.